The molecule has 2 rings (SSSR count). The summed E-state index contributed by atoms with van der Waals surface area (Å²) in [5.74, 6) is 0. The summed E-state index contributed by atoms with van der Waals surface area (Å²) in [6, 6.07) is 5.41. The number of nitrogens with zero attached hydrogens (tertiary/aromatic N) is 1. The van der Waals surface area contributed by atoms with Gasteiger partial charge in [-0.05, 0) is 29.4 Å². The molecule has 2 aromatic rings. The van der Waals surface area contributed by atoms with Crippen LogP contribution in [-0.4, -0.2) is 0 Å². The maximum absolute atomic E-state index is 12.6. The summed E-state index contributed by atoms with van der Waals surface area (Å²) in [7, 11) is 0. The number of nitrogens with two attached hydrogens (primary N) is 1. The fourth-order valence-electron chi connectivity index (χ4n) is 1.77. The molecule has 0 radical (unpaired) electrons. The summed E-state index contributed by atoms with van der Waals surface area (Å²) in [5.41, 5.74) is 5.19. The van der Waals surface area contributed by atoms with Crippen molar-refractivity contribution >= 4 is 34.6 Å². The molecule has 0 aromatic heterocycles. The third-order valence-corrected chi connectivity index (χ3v) is 3.43. The minimum Gasteiger partial charge on any atom is -0.397 e. The maximum Gasteiger partial charge on any atom is 0.416 e. The van der Waals surface area contributed by atoms with Crippen molar-refractivity contribution in [2.24, 2.45) is 5.18 Å². The van der Waals surface area contributed by atoms with Gasteiger partial charge >= 0.3 is 6.18 Å². The Balaban J connectivity index is 2.60. The van der Waals surface area contributed by atoms with E-state index in [-0.39, 0.29) is 32.5 Å². The molecule has 2 N–H and O–H groups in total. The number of rotatable bonds is 2. The summed E-state index contributed by atoms with van der Waals surface area (Å²) in [4.78, 5) is 10.6. The van der Waals surface area contributed by atoms with E-state index >= 15 is 0 Å². The van der Waals surface area contributed by atoms with Crippen molar-refractivity contribution in [3.05, 3.63) is 50.8 Å². The Morgan fingerprint density at radius 1 is 1.00 bits per heavy atom. The average molecular weight is 335 g/mol. The Morgan fingerprint density at radius 3 is 2.14 bits per heavy atom. The number of nitrogen functional groups attached to an aromatic ring is 1. The van der Waals surface area contributed by atoms with Gasteiger partial charge in [-0.3, -0.25) is 0 Å². The van der Waals surface area contributed by atoms with Gasteiger partial charge in [0.2, 0.25) is 0 Å². The van der Waals surface area contributed by atoms with Crippen molar-refractivity contribution in [1.29, 1.82) is 0 Å². The first-order chi connectivity index (χ1) is 9.74. The van der Waals surface area contributed by atoms with Gasteiger partial charge in [0.25, 0.3) is 0 Å². The van der Waals surface area contributed by atoms with Gasteiger partial charge in [0.15, 0.2) is 0 Å². The zero-order valence-electron chi connectivity index (χ0n) is 10.2. The first-order valence-corrected chi connectivity index (χ1v) is 6.29. The molecule has 0 saturated carbocycles. The number of anilines is 1. The van der Waals surface area contributed by atoms with Crippen molar-refractivity contribution < 1.29 is 13.2 Å². The molecule has 2 aromatic carbocycles. The molecule has 0 aliphatic rings. The van der Waals surface area contributed by atoms with Crippen LogP contribution in [0, 0.1) is 4.91 Å². The lowest BCUT2D eigenvalue weighted by molar-refractivity contribution is -0.137. The van der Waals surface area contributed by atoms with Crippen molar-refractivity contribution in [2.75, 3.05) is 5.73 Å². The molecule has 0 aliphatic carbocycles. The van der Waals surface area contributed by atoms with E-state index in [4.69, 9.17) is 28.9 Å². The molecule has 21 heavy (non-hydrogen) atoms. The van der Waals surface area contributed by atoms with E-state index in [0.717, 1.165) is 12.1 Å². The molecule has 0 fully saturated rings. The lowest BCUT2D eigenvalue weighted by atomic mass is 10.0. The zero-order chi connectivity index (χ0) is 15.8. The Morgan fingerprint density at radius 2 is 1.62 bits per heavy atom. The fourth-order valence-corrected chi connectivity index (χ4v) is 2.33. The van der Waals surface area contributed by atoms with Gasteiger partial charge in [0.1, 0.15) is 5.69 Å². The number of nitroso groups, excluding NO2 is 1. The third kappa shape index (κ3) is 3.11. The highest BCUT2D eigenvalue weighted by Gasteiger charge is 2.31. The van der Waals surface area contributed by atoms with Crippen LogP contribution in [0.15, 0.2) is 35.5 Å². The minimum atomic E-state index is -4.50. The number of hydrogen-bond donors (Lipinski definition) is 1. The van der Waals surface area contributed by atoms with Crippen LogP contribution in [0.4, 0.5) is 24.5 Å². The van der Waals surface area contributed by atoms with Crippen LogP contribution in [0.5, 0.6) is 0 Å². The standard InChI is InChI=1S/C13H7Cl2F3N2O/c14-9-3-6(13(16,17)18)1-2-7(9)8-4-12(20-21)11(19)5-10(8)15/h1-5H,19H2. The predicted molar refractivity (Wildman–Crippen MR) is 76.8 cm³/mol. The number of alkyl halides is 3. The third-order valence-electron chi connectivity index (χ3n) is 2.80. The molecule has 0 aliphatic heterocycles. The topological polar surface area (TPSA) is 55.4 Å². The second kappa shape index (κ2) is 5.54. The normalized spacial score (nSPS) is 11.5. The van der Waals surface area contributed by atoms with Crippen LogP contribution >= 0.6 is 23.2 Å². The largest absolute Gasteiger partial charge is 0.416 e. The lowest BCUT2D eigenvalue weighted by Crippen LogP contribution is -2.04. The van der Waals surface area contributed by atoms with Crippen molar-refractivity contribution in [1.82, 2.24) is 0 Å². The average Bonchev–Trinajstić information content (AvgIpc) is 2.38. The molecule has 3 nitrogen and oxygen atoms in total. The van der Waals surface area contributed by atoms with Crippen LogP contribution < -0.4 is 5.73 Å². The number of hydrogen-bond acceptors (Lipinski definition) is 3. The van der Waals surface area contributed by atoms with E-state index in [0.29, 0.717) is 0 Å². The van der Waals surface area contributed by atoms with Crippen LogP contribution in [-0.2, 0) is 6.18 Å². The molecule has 0 bridgehead atoms. The van der Waals surface area contributed by atoms with Gasteiger partial charge in [-0.1, -0.05) is 29.3 Å². The molecule has 0 amide bonds. The van der Waals surface area contributed by atoms with Gasteiger partial charge in [-0.25, -0.2) is 0 Å². The molecule has 8 heteroatoms. The fraction of sp³-hybridized carbons (Fsp3) is 0.0769. The Bertz CT molecular complexity index is 717. The summed E-state index contributed by atoms with van der Waals surface area (Å²) >= 11 is 11.9. The Kier molecular flexibility index (Phi) is 4.11. The predicted octanol–water partition coefficient (Wildman–Crippen LogP) is 5.66. The molecule has 0 saturated heterocycles. The molecular weight excluding hydrogens is 328 g/mol. The molecule has 0 spiro atoms. The Hall–Kier alpha value is -1.79. The second-order valence-electron chi connectivity index (χ2n) is 4.17. The Labute approximate surface area is 127 Å². The van der Waals surface area contributed by atoms with Gasteiger partial charge in [0.05, 0.1) is 16.3 Å². The highest BCUT2D eigenvalue weighted by molar-refractivity contribution is 6.36. The van der Waals surface area contributed by atoms with Crippen molar-refractivity contribution in [3.8, 4) is 11.1 Å². The second-order valence-corrected chi connectivity index (χ2v) is 4.99. The quantitative estimate of drug-likeness (QED) is 0.569. The van der Waals surface area contributed by atoms with E-state index in [9.17, 15) is 18.1 Å². The number of halogens is 5. The molecular formula is C13H7Cl2F3N2O. The lowest BCUT2D eigenvalue weighted by Gasteiger charge is -2.12. The van der Waals surface area contributed by atoms with E-state index in [1.54, 1.807) is 0 Å². The SMILES string of the molecule is Nc1cc(Cl)c(-c2ccc(C(F)(F)F)cc2Cl)cc1N=O. The first kappa shape index (κ1) is 15.6. The zero-order valence-corrected chi connectivity index (χ0v) is 11.7. The maximum atomic E-state index is 12.6. The van der Waals surface area contributed by atoms with Gasteiger partial charge in [0, 0.05) is 16.1 Å². The van der Waals surface area contributed by atoms with E-state index in [2.05, 4.69) is 5.18 Å². The summed E-state index contributed by atoms with van der Waals surface area (Å²) in [6.07, 6.45) is -4.50. The number of benzene rings is 2. The van der Waals surface area contributed by atoms with E-state index < -0.39 is 11.7 Å². The molecule has 0 unspecified atom stereocenters. The summed E-state index contributed by atoms with van der Waals surface area (Å²) in [5, 5.41) is 2.74. The van der Waals surface area contributed by atoms with Crippen LogP contribution in [0.2, 0.25) is 10.0 Å². The van der Waals surface area contributed by atoms with Gasteiger partial charge < -0.3 is 5.73 Å². The first-order valence-electron chi connectivity index (χ1n) is 5.53. The molecule has 110 valence electrons. The van der Waals surface area contributed by atoms with Crippen LogP contribution in [0.25, 0.3) is 11.1 Å². The van der Waals surface area contributed by atoms with Gasteiger partial charge in [-0.15, -0.1) is 4.91 Å². The van der Waals surface area contributed by atoms with Gasteiger partial charge in [-0.2, -0.15) is 13.2 Å². The van der Waals surface area contributed by atoms with Crippen LogP contribution in [0.1, 0.15) is 5.56 Å². The monoisotopic (exact) mass is 334 g/mol. The molecule has 0 atom stereocenters. The smallest absolute Gasteiger partial charge is 0.397 e. The highest BCUT2D eigenvalue weighted by Crippen LogP contribution is 2.40. The highest BCUT2D eigenvalue weighted by atomic mass is 35.5. The van der Waals surface area contributed by atoms with E-state index in [1.165, 1.54) is 18.2 Å². The minimum absolute atomic E-state index is 0.0645. The summed E-state index contributed by atoms with van der Waals surface area (Å²) < 4.78 is 37.8. The van der Waals surface area contributed by atoms with Crippen molar-refractivity contribution in [3.63, 3.8) is 0 Å². The van der Waals surface area contributed by atoms with Crippen molar-refractivity contribution in [2.45, 2.75) is 6.18 Å². The van der Waals surface area contributed by atoms with E-state index in [1.807, 2.05) is 0 Å². The van der Waals surface area contributed by atoms with Crippen LogP contribution in [0.3, 0.4) is 0 Å². The molecule has 0 heterocycles. The summed E-state index contributed by atoms with van der Waals surface area (Å²) in [6.45, 7) is 0.